The van der Waals surface area contributed by atoms with Crippen molar-refractivity contribution in [3.8, 4) is 0 Å². The third-order valence-electron chi connectivity index (χ3n) is 5.25. The van der Waals surface area contributed by atoms with Gasteiger partial charge in [0.25, 0.3) is 5.69 Å². The van der Waals surface area contributed by atoms with Gasteiger partial charge in [-0.3, -0.25) is 19.2 Å². The molecule has 0 aliphatic heterocycles. The van der Waals surface area contributed by atoms with E-state index in [1.165, 1.54) is 16.7 Å². The zero-order chi connectivity index (χ0) is 25.7. The van der Waals surface area contributed by atoms with Gasteiger partial charge in [0.2, 0.25) is 0 Å². The molecule has 35 heavy (non-hydrogen) atoms. The minimum atomic E-state index is -5.24. The summed E-state index contributed by atoms with van der Waals surface area (Å²) in [4.78, 5) is 23.0. The van der Waals surface area contributed by atoms with Crippen LogP contribution < -0.4 is 5.69 Å². The standard InChI is InChI=1S/C21H13Cl4N3O6S/c22-13-3-1-11(15(24)5-13)9-26-17-7-19(28(30)31)20(35(32,33)34)8-18(17)27(21(26)29)10-12-2-4-14(23)6-16(12)25/h1-8H,9-10H2,(H,32,33,34)/p-1. The van der Waals surface area contributed by atoms with Crippen LogP contribution in [-0.2, 0) is 23.2 Å². The topological polar surface area (TPSA) is 127 Å². The highest BCUT2D eigenvalue weighted by molar-refractivity contribution is 7.86. The molecule has 0 amide bonds. The molecule has 1 heterocycles. The second-order valence-electron chi connectivity index (χ2n) is 7.45. The molecule has 3 aromatic carbocycles. The number of nitro groups is 1. The lowest BCUT2D eigenvalue weighted by atomic mass is 10.2. The van der Waals surface area contributed by atoms with Crippen LogP contribution in [-0.4, -0.2) is 27.0 Å². The molecule has 0 unspecified atom stereocenters. The monoisotopic (exact) mass is 574 g/mol. The van der Waals surface area contributed by atoms with E-state index in [4.69, 9.17) is 46.4 Å². The Labute approximate surface area is 217 Å². The normalized spacial score (nSPS) is 11.8. The van der Waals surface area contributed by atoms with Crippen molar-refractivity contribution in [2.45, 2.75) is 18.0 Å². The van der Waals surface area contributed by atoms with E-state index >= 15 is 0 Å². The number of benzene rings is 3. The quantitative estimate of drug-likeness (QED) is 0.174. The predicted octanol–water partition coefficient (Wildman–Crippen LogP) is 5.33. The molecular weight excluding hydrogens is 564 g/mol. The van der Waals surface area contributed by atoms with E-state index in [9.17, 15) is 27.9 Å². The first-order valence-electron chi connectivity index (χ1n) is 9.62. The van der Waals surface area contributed by atoms with Crippen LogP contribution in [0.3, 0.4) is 0 Å². The van der Waals surface area contributed by atoms with Gasteiger partial charge in [-0.05, 0) is 41.5 Å². The summed E-state index contributed by atoms with van der Waals surface area (Å²) in [5.41, 5.74) is -0.662. The predicted molar refractivity (Wildman–Crippen MR) is 132 cm³/mol. The van der Waals surface area contributed by atoms with Crippen LogP contribution in [0.15, 0.2) is 58.2 Å². The van der Waals surface area contributed by atoms with Crippen molar-refractivity contribution in [3.05, 3.63) is 100 Å². The molecule has 182 valence electrons. The van der Waals surface area contributed by atoms with Crippen molar-refractivity contribution >= 4 is 73.2 Å². The van der Waals surface area contributed by atoms with Gasteiger partial charge in [-0.2, -0.15) is 0 Å². The Balaban J connectivity index is 2.02. The van der Waals surface area contributed by atoms with Gasteiger partial charge in [-0.15, -0.1) is 0 Å². The van der Waals surface area contributed by atoms with Gasteiger partial charge in [0.05, 0.1) is 29.0 Å². The summed E-state index contributed by atoms with van der Waals surface area (Å²) >= 11 is 24.4. The van der Waals surface area contributed by atoms with Gasteiger partial charge < -0.3 is 4.55 Å². The molecule has 1 aromatic heterocycles. The first-order chi connectivity index (χ1) is 16.4. The second-order valence-corrected chi connectivity index (χ2v) is 10.5. The number of rotatable bonds is 6. The molecule has 14 heteroatoms. The second kappa shape index (κ2) is 9.45. The van der Waals surface area contributed by atoms with E-state index in [1.54, 1.807) is 24.3 Å². The maximum atomic E-state index is 13.5. The Morgan fingerprint density at radius 3 is 1.66 bits per heavy atom. The molecule has 4 aromatic rings. The fourth-order valence-corrected chi connectivity index (χ4v) is 5.20. The van der Waals surface area contributed by atoms with Crippen LogP contribution in [0, 0.1) is 10.1 Å². The minimum absolute atomic E-state index is 0.0187. The van der Waals surface area contributed by atoms with E-state index in [0.717, 1.165) is 16.7 Å². The van der Waals surface area contributed by atoms with Crippen LogP contribution in [0.2, 0.25) is 20.1 Å². The molecule has 0 bridgehead atoms. The van der Waals surface area contributed by atoms with Crippen molar-refractivity contribution in [2.75, 3.05) is 0 Å². The maximum Gasteiger partial charge on any atom is 0.329 e. The lowest BCUT2D eigenvalue weighted by Crippen LogP contribution is -2.25. The molecule has 0 saturated carbocycles. The molecule has 0 fully saturated rings. The van der Waals surface area contributed by atoms with Crippen LogP contribution >= 0.6 is 46.4 Å². The fourth-order valence-electron chi connectivity index (χ4n) is 3.62. The van der Waals surface area contributed by atoms with Crippen LogP contribution in [0.1, 0.15) is 11.1 Å². The van der Waals surface area contributed by atoms with E-state index in [1.807, 2.05) is 0 Å². The van der Waals surface area contributed by atoms with E-state index in [-0.39, 0.29) is 34.2 Å². The number of fused-ring (bicyclic) bond motifs is 1. The van der Waals surface area contributed by atoms with E-state index in [0.29, 0.717) is 21.2 Å². The Hall–Kier alpha value is -2.60. The van der Waals surface area contributed by atoms with Gasteiger partial charge in [-0.1, -0.05) is 58.5 Å². The third kappa shape index (κ3) is 5.04. The molecule has 0 spiro atoms. The third-order valence-corrected chi connectivity index (χ3v) is 7.29. The van der Waals surface area contributed by atoms with Crippen molar-refractivity contribution in [2.24, 2.45) is 0 Å². The molecule has 0 aliphatic carbocycles. The number of nitro benzene ring substituents is 1. The number of hydrogen-bond acceptors (Lipinski definition) is 6. The maximum absolute atomic E-state index is 13.5. The number of nitrogens with zero attached hydrogens (tertiary/aromatic N) is 3. The molecule has 0 radical (unpaired) electrons. The molecule has 0 atom stereocenters. The largest absolute Gasteiger partial charge is 0.744 e. The lowest BCUT2D eigenvalue weighted by Gasteiger charge is -2.10. The van der Waals surface area contributed by atoms with Crippen molar-refractivity contribution in [1.29, 1.82) is 0 Å². The summed E-state index contributed by atoms with van der Waals surface area (Å²) in [7, 11) is -5.24. The van der Waals surface area contributed by atoms with Crippen LogP contribution in [0.25, 0.3) is 11.0 Å². The highest BCUT2D eigenvalue weighted by atomic mass is 35.5. The molecule has 0 aliphatic rings. The Morgan fingerprint density at radius 2 is 1.26 bits per heavy atom. The van der Waals surface area contributed by atoms with Gasteiger partial charge in [-0.25, -0.2) is 13.2 Å². The van der Waals surface area contributed by atoms with Gasteiger partial charge in [0, 0.05) is 26.2 Å². The first kappa shape index (κ1) is 25.5. The number of halogens is 4. The van der Waals surface area contributed by atoms with Gasteiger partial charge >= 0.3 is 5.69 Å². The summed E-state index contributed by atoms with van der Waals surface area (Å²) in [5.74, 6) is 0. The van der Waals surface area contributed by atoms with Crippen LogP contribution in [0.5, 0.6) is 0 Å². The van der Waals surface area contributed by atoms with Crippen molar-refractivity contribution in [1.82, 2.24) is 9.13 Å². The van der Waals surface area contributed by atoms with E-state index in [2.05, 4.69) is 0 Å². The summed E-state index contributed by atoms with van der Waals surface area (Å²) in [6.45, 7) is -0.254. The summed E-state index contributed by atoms with van der Waals surface area (Å²) in [6.07, 6.45) is 0. The fraction of sp³-hybridized carbons (Fsp3) is 0.0952. The highest BCUT2D eigenvalue weighted by Crippen LogP contribution is 2.31. The first-order valence-corrected chi connectivity index (χ1v) is 12.5. The average molecular weight is 576 g/mol. The minimum Gasteiger partial charge on any atom is -0.744 e. The molecule has 0 saturated heterocycles. The van der Waals surface area contributed by atoms with Gasteiger partial charge in [0.15, 0.2) is 0 Å². The van der Waals surface area contributed by atoms with Gasteiger partial charge in [0.1, 0.15) is 15.0 Å². The molecular formula is C21H12Cl4N3O6S-. The van der Waals surface area contributed by atoms with Crippen molar-refractivity contribution in [3.63, 3.8) is 0 Å². The summed E-state index contributed by atoms with van der Waals surface area (Å²) < 4.78 is 37.7. The Bertz CT molecular complexity index is 1680. The molecule has 9 nitrogen and oxygen atoms in total. The lowest BCUT2D eigenvalue weighted by molar-refractivity contribution is -0.387. The Morgan fingerprint density at radius 1 is 0.800 bits per heavy atom. The zero-order valence-electron chi connectivity index (χ0n) is 17.2. The number of imidazole rings is 1. The Kier molecular flexibility index (Phi) is 6.89. The van der Waals surface area contributed by atoms with E-state index < -0.39 is 31.3 Å². The summed E-state index contributed by atoms with van der Waals surface area (Å²) in [6, 6.07) is 10.9. The smallest absolute Gasteiger partial charge is 0.329 e. The van der Waals surface area contributed by atoms with Crippen molar-refractivity contribution < 1.29 is 17.9 Å². The average Bonchev–Trinajstić information content (AvgIpc) is 3.01. The SMILES string of the molecule is O=c1n(Cc2ccc(Cl)cc2Cl)c2cc([N+](=O)[O-])c(S(=O)(=O)[O-])cc2n1Cc1ccc(Cl)cc1Cl. The highest BCUT2D eigenvalue weighted by Gasteiger charge is 2.25. The van der Waals surface area contributed by atoms with Crippen LogP contribution in [0.4, 0.5) is 5.69 Å². The molecule has 4 rings (SSSR count). The number of hydrogen-bond donors (Lipinski definition) is 0. The summed E-state index contributed by atoms with van der Waals surface area (Å²) in [5, 5.41) is 12.8. The zero-order valence-corrected chi connectivity index (χ0v) is 21.1. The molecule has 0 N–H and O–H groups in total. The number of aromatic nitrogens is 2.